The molecule has 0 unspecified atom stereocenters. The molecule has 3 aromatic rings. The second kappa shape index (κ2) is 7.00. The molecule has 5 nitrogen and oxygen atoms in total. The summed E-state index contributed by atoms with van der Waals surface area (Å²) in [7, 11) is 0. The summed E-state index contributed by atoms with van der Waals surface area (Å²) in [4.78, 5) is 23.5. The monoisotopic (exact) mass is 321 g/mol. The summed E-state index contributed by atoms with van der Waals surface area (Å²) >= 11 is 0. The number of fused-ring (bicyclic) bond motifs is 1. The molecule has 2 aromatic carbocycles. The van der Waals surface area contributed by atoms with Crippen LogP contribution >= 0.6 is 0 Å². The third kappa shape index (κ3) is 3.63. The van der Waals surface area contributed by atoms with Crippen LogP contribution in [0.3, 0.4) is 0 Å². The van der Waals surface area contributed by atoms with E-state index in [0.29, 0.717) is 6.54 Å². The zero-order chi connectivity index (χ0) is 16.9. The van der Waals surface area contributed by atoms with E-state index < -0.39 is 0 Å². The lowest BCUT2D eigenvalue weighted by Gasteiger charge is -2.09. The smallest absolute Gasteiger partial charge is 0.240 e. The molecule has 0 radical (unpaired) electrons. The SMILES string of the molecule is CC(=O)Nc1cccc2c1ccn2CC(=O)NCc1ccccc1. The number of aromatic nitrogens is 1. The van der Waals surface area contributed by atoms with Crippen LogP contribution in [0.5, 0.6) is 0 Å². The molecule has 24 heavy (non-hydrogen) atoms. The molecule has 5 heteroatoms. The molecule has 0 bridgehead atoms. The predicted molar refractivity (Wildman–Crippen MR) is 94.5 cm³/mol. The Kier molecular flexibility index (Phi) is 4.61. The molecule has 2 amide bonds. The highest BCUT2D eigenvalue weighted by atomic mass is 16.2. The maximum Gasteiger partial charge on any atom is 0.240 e. The molecule has 0 atom stereocenters. The van der Waals surface area contributed by atoms with Crippen molar-refractivity contribution in [2.45, 2.75) is 20.0 Å². The number of hydrogen-bond acceptors (Lipinski definition) is 2. The van der Waals surface area contributed by atoms with E-state index in [0.717, 1.165) is 22.2 Å². The van der Waals surface area contributed by atoms with Crippen LogP contribution in [0.2, 0.25) is 0 Å². The highest BCUT2D eigenvalue weighted by Gasteiger charge is 2.09. The first-order valence-corrected chi connectivity index (χ1v) is 7.79. The first kappa shape index (κ1) is 15.8. The van der Waals surface area contributed by atoms with Crippen LogP contribution in [0, 0.1) is 0 Å². The van der Waals surface area contributed by atoms with Gasteiger partial charge < -0.3 is 15.2 Å². The van der Waals surface area contributed by atoms with Gasteiger partial charge in [0.2, 0.25) is 11.8 Å². The largest absolute Gasteiger partial charge is 0.350 e. The molecular weight excluding hydrogens is 302 g/mol. The van der Waals surface area contributed by atoms with E-state index in [1.165, 1.54) is 6.92 Å². The number of benzene rings is 2. The van der Waals surface area contributed by atoms with Crippen molar-refractivity contribution in [2.24, 2.45) is 0 Å². The standard InChI is InChI=1S/C19H19N3O2/c1-14(23)21-17-8-5-9-18-16(17)10-11-22(18)13-19(24)20-12-15-6-3-2-4-7-15/h2-11H,12-13H2,1H3,(H,20,24)(H,21,23). The van der Waals surface area contributed by atoms with Gasteiger partial charge >= 0.3 is 0 Å². The summed E-state index contributed by atoms with van der Waals surface area (Å²) < 4.78 is 1.88. The van der Waals surface area contributed by atoms with Gasteiger partial charge in [-0.05, 0) is 23.8 Å². The van der Waals surface area contributed by atoms with E-state index in [1.807, 2.05) is 65.4 Å². The van der Waals surface area contributed by atoms with E-state index >= 15 is 0 Å². The highest BCUT2D eigenvalue weighted by molar-refractivity contribution is 6.01. The van der Waals surface area contributed by atoms with Gasteiger partial charge in [-0.1, -0.05) is 36.4 Å². The third-order valence-corrected chi connectivity index (χ3v) is 3.77. The molecule has 0 spiro atoms. The Hall–Kier alpha value is -3.08. The number of anilines is 1. The number of hydrogen-bond donors (Lipinski definition) is 2. The van der Waals surface area contributed by atoms with Gasteiger partial charge in [-0.25, -0.2) is 0 Å². The molecule has 0 saturated heterocycles. The lowest BCUT2D eigenvalue weighted by Crippen LogP contribution is -2.26. The Balaban J connectivity index is 1.71. The van der Waals surface area contributed by atoms with Gasteiger partial charge in [-0.2, -0.15) is 0 Å². The number of carbonyl (C=O) groups excluding carboxylic acids is 2. The summed E-state index contributed by atoms with van der Waals surface area (Å²) in [5, 5.41) is 6.65. The first-order chi connectivity index (χ1) is 11.6. The van der Waals surface area contributed by atoms with Crippen molar-refractivity contribution in [1.29, 1.82) is 0 Å². The van der Waals surface area contributed by atoms with Crippen molar-refractivity contribution in [1.82, 2.24) is 9.88 Å². The summed E-state index contributed by atoms with van der Waals surface area (Å²) in [6.07, 6.45) is 1.86. The third-order valence-electron chi connectivity index (χ3n) is 3.77. The molecule has 0 aliphatic carbocycles. The maximum absolute atomic E-state index is 12.2. The molecule has 0 saturated carbocycles. The van der Waals surface area contributed by atoms with Crippen LogP contribution in [-0.2, 0) is 22.7 Å². The number of nitrogens with zero attached hydrogens (tertiary/aromatic N) is 1. The van der Waals surface area contributed by atoms with Gasteiger partial charge in [0, 0.05) is 25.1 Å². The Bertz CT molecular complexity index is 869. The molecule has 122 valence electrons. The van der Waals surface area contributed by atoms with Gasteiger partial charge in [-0.3, -0.25) is 9.59 Å². The van der Waals surface area contributed by atoms with Crippen molar-refractivity contribution in [3.05, 3.63) is 66.4 Å². The van der Waals surface area contributed by atoms with E-state index in [1.54, 1.807) is 0 Å². The molecule has 0 fully saturated rings. The lowest BCUT2D eigenvalue weighted by molar-refractivity contribution is -0.121. The second-order valence-corrected chi connectivity index (χ2v) is 5.63. The molecular formula is C19H19N3O2. The first-order valence-electron chi connectivity index (χ1n) is 7.79. The van der Waals surface area contributed by atoms with Crippen LogP contribution in [0.1, 0.15) is 12.5 Å². The molecule has 3 rings (SSSR count). The van der Waals surface area contributed by atoms with Crippen LogP contribution in [0.25, 0.3) is 10.9 Å². The Morgan fingerprint density at radius 1 is 1.00 bits per heavy atom. The lowest BCUT2D eigenvalue weighted by atomic mass is 10.2. The van der Waals surface area contributed by atoms with Crippen molar-refractivity contribution < 1.29 is 9.59 Å². The van der Waals surface area contributed by atoms with Crippen molar-refractivity contribution in [2.75, 3.05) is 5.32 Å². The maximum atomic E-state index is 12.2. The highest BCUT2D eigenvalue weighted by Crippen LogP contribution is 2.24. The average molecular weight is 321 g/mol. The molecule has 0 aliphatic heterocycles. The zero-order valence-electron chi connectivity index (χ0n) is 13.5. The van der Waals surface area contributed by atoms with E-state index in [9.17, 15) is 9.59 Å². The summed E-state index contributed by atoms with van der Waals surface area (Å²) in [5.41, 5.74) is 2.73. The summed E-state index contributed by atoms with van der Waals surface area (Å²) in [5.74, 6) is -0.169. The summed E-state index contributed by atoms with van der Waals surface area (Å²) in [6, 6.07) is 17.4. The fourth-order valence-electron chi connectivity index (χ4n) is 2.67. The second-order valence-electron chi connectivity index (χ2n) is 5.63. The van der Waals surface area contributed by atoms with Crippen molar-refractivity contribution in [3.8, 4) is 0 Å². The van der Waals surface area contributed by atoms with Gasteiger partial charge in [0.15, 0.2) is 0 Å². The average Bonchev–Trinajstić information content (AvgIpc) is 2.98. The van der Waals surface area contributed by atoms with E-state index in [2.05, 4.69) is 10.6 Å². The van der Waals surface area contributed by atoms with Crippen LogP contribution in [0.15, 0.2) is 60.8 Å². The minimum absolute atomic E-state index is 0.0544. The van der Waals surface area contributed by atoms with Crippen LogP contribution in [0.4, 0.5) is 5.69 Å². The van der Waals surface area contributed by atoms with Crippen LogP contribution < -0.4 is 10.6 Å². The number of amides is 2. The molecule has 2 N–H and O–H groups in total. The van der Waals surface area contributed by atoms with Crippen molar-refractivity contribution in [3.63, 3.8) is 0 Å². The Labute approximate surface area is 140 Å². The predicted octanol–water partition coefficient (Wildman–Crippen LogP) is 2.92. The minimum Gasteiger partial charge on any atom is -0.350 e. The summed E-state index contributed by atoms with van der Waals surface area (Å²) in [6.45, 7) is 2.22. The van der Waals surface area contributed by atoms with E-state index in [4.69, 9.17) is 0 Å². The quantitative estimate of drug-likeness (QED) is 0.759. The Morgan fingerprint density at radius 3 is 2.54 bits per heavy atom. The van der Waals surface area contributed by atoms with Gasteiger partial charge in [0.25, 0.3) is 0 Å². The molecule has 1 aromatic heterocycles. The fourth-order valence-corrected chi connectivity index (χ4v) is 2.67. The van der Waals surface area contributed by atoms with E-state index in [-0.39, 0.29) is 18.4 Å². The number of rotatable bonds is 5. The number of carbonyl (C=O) groups is 2. The topological polar surface area (TPSA) is 63.1 Å². The number of nitrogens with one attached hydrogen (secondary N) is 2. The fraction of sp³-hybridized carbons (Fsp3) is 0.158. The molecule has 1 heterocycles. The van der Waals surface area contributed by atoms with Crippen molar-refractivity contribution >= 4 is 28.4 Å². The van der Waals surface area contributed by atoms with Crippen LogP contribution in [-0.4, -0.2) is 16.4 Å². The van der Waals surface area contributed by atoms with Gasteiger partial charge in [-0.15, -0.1) is 0 Å². The van der Waals surface area contributed by atoms with Gasteiger partial charge in [0.1, 0.15) is 6.54 Å². The van der Waals surface area contributed by atoms with Gasteiger partial charge in [0.05, 0.1) is 11.2 Å². The Morgan fingerprint density at radius 2 is 1.79 bits per heavy atom. The minimum atomic E-state index is -0.115. The normalized spacial score (nSPS) is 10.5. The zero-order valence-corrected chi connectivity index (χ0v) is 13.5. The molecule has 0 aliphatic rings.